The molecule has 49 valence electrons. The lowest BCUT2D eigenvalue weighted by atomic mass is 10.5. The number of aromatic nitrogens is 2. The zero-order valence-corrected chi connectivity index (χ0v) is 5.94. The van der Waals surface area contributed by atoms with Gasteiger partial charge in [-0.1, -0.05) is 6.92 Å². The predicted octanol–water partition coefficient (Wildman–Crippen LogP) is 1.13. The molecule has 1 aromatic rings. The van der Waals surface area contributed by atoms with E-state index in [0.29, 0.717) is 11.8 Å². The van der Waals surface area contributed by atoms with Crippen molar-refractivity contribution in [2.24, 2.45) is 0 Å². The average Bonchev–Trinajstić information content (AvgIpc) is 2.34. The minimum Gasteiger partial charge on any atom is -0.469 e. The number of ether oxygens (including phenoxy) is 1. The molecule has 0 bridgehead atoms. The van der Waals surface area contributed by atoms with Crippen molar-refractivity contribution in [1.82, 2.24) is 9.36 Å². The lowest BCUT2D eigenvalue weighted by Gasteiger charge is -1.94. The van der Waals surface area contributed by atoms with E-state index >= 15 is 0 Å². The van der Waals surface area contributed by atoms with E-state index in [1.807, 2.05) is 6.92 Å². The Morgan fingerprint density at radius 1 is 1.78 bits per heavy atom. The molecule has 9 heavy (non-hydrogen) atoms. The van der Waals surface area contributed by atoms with Gasteiger partial charge in [-0.2, -0.15) is 9.36 Å². The van der Waals surface area contributed by atoms with Gasteiger partial charge in [0.05, 0.1) is 6.61 Å². The summed E-state index contributed by atoms with van der Waals surface area (Å²) in [6, 6.07) is 0. The van der Waals surface area contributed by atoms with Crippen LogP contribution in [-0.4, -0.2) is 16.0 Å². The van der Waals surface area contributed by atoms with Gasteiger partial charge >= 0.3 is 0 Å². The Bertz CT molecular complexity index is 152. The average molecular weight is 143 g/mol. The third-order valence-electron chi connectivity index (χ3n) is 0.736. The van der Waals surface area contributed by atoms with Crippen LogP contribution in [0.4, 0.5) is 0 Å². The summed E-state index contributed by atoms with van der Waals surface area (Å²) >= 11 is 1.22. The van der Waals surface area contributed by atoms with Crippen LogP contribution in [-0.2, 0) is 0 Å². The van der Waals surface area contributed by atoms with Gasteiger partial charge in [-0.3, -0.25) is 0 Å². The van der Waals surface area contributed by atoms with Crippen molar-refractivity contribution in [1.29, 1.82) is 0 Å². The molecule has 1 heterocycles. The fraction of sp³-hybridized carbons (Fsp3) is 0.600. The van der Waals surface area contributed by atoms with E-state index in [0.717, 1.165) is 6.42 Å². The van der Waals surface area contributed by atoms with Crippen molar-refractivity contribution in [3.8, 4) is 5.19 Å². The summed E-state index contributed by atoms with van der Waals surface area (Å²) in [6.07, 6.45) is 3.43. The van der Waals surface area contributed by atoms with Crippen molar-refractivity contribution < 1.29 is 4.74 Å². The van der Waals surface area contributed by atoms with Crippen LogP contribution in [0.3, 0.4) is 0 Å². The van der Waals surface area contributed by atoms with Gasteiger partial charge in [-0.25, -0.2) is 0 Å². The normalized spacial score (nSPS) is 9.44. The van der Waals surface area contributed by atoms with Crippen LogP contribution < -0.4 is 4.74 Å². The zero-order valence-electron chi connectivity index (χ0n) is 5.13. The molecule has 0 amide bonds. The molecule has 0 spiro atoms. The Morgan fingerprint density at radius 2 is 2.67 bits per heavy atom. The molecule has 3 nitrogen and oxygen atoms in total. The van der Waals surface area contributed by atoms with Crippen molar-refractivity contribution in [2.45, 2.75) is 13.3 Å². The molecule has 0 saturated carbocycles. The summed E-state index contributed by atoms with van der Waals surface area (Å²) < 4.78 is 8.76. The summed E-state index contributed by atoms with van der Waals surface area (Å²) in [7, 11) is 0. The van der Waals surface area contributed by atoms with Gasteiger partial charge in [-0.15, -0.1) is 0 Å². The monoisotopic (exact) mass is 143 g/mol. The minimum atomic E-state index is 0.608. The van der Waals surface area contributed by atoms with E-state index in [4.69, 9.17) is 4.74 Å². The van der Waals surface area contributed by atoms with Gasteiger partial charge in [-0.05, 0) is 6.42 Å². The third-order valence-corrected chi connectivity index (χ3v) is 1.27. The lowest BCUT2D eigenvalue weighted by Crippen LogP contribution is -1.93. The third kappa shape index (κ3) is 1.97. The molecule has 0 atom stereocenters. The molecule has 0 aromatic carbocycles. The fourth-order valence-electron chi connectivity index (χ4n) is 0.389. The smallest absolute Gasteiger partial charge is 0.293 e. The Balaban J connectivity index is 2.30. The molecule has 1 radical (unpaired) electrons. The number of rotatable bonds is 3. The molecule has 1 aromatic heterocycles. The van der Waals surface area contributed by atoms with E-state index in [-0.39, 0.29) is 0 Å². The standard InChI is InChI=1S/C5H7N2OS/c1-2-3-8-5-6-4-7-9-5/h2-3H2,1H3. The Morgan fingerprint density at radius 3 is 3.22 bits per heavy atom. The highest BCUT2D eigenvalue weighted by Crippen LogP contribution is 2.08. The number of hydrogen-bond acceptors (Lipinski definition) is 4. The van der Waals surface area contributed by atoms with Crippen LogP contribution >= 0.6 is 11.5 Å². The molecule has 0 unspecified atom stereocenters. The van der Waals surface area contributed by atoms with Crippen molar-refractivity contribution >= 4 is 11.5 Å². The fourth-order valence-corrected chi connectivity index (χ4v) is 0.767. The van der Waals surface area contributed by atoms with Gasteiger partial charge in [0.15, 0.2) is 0 Å². The first-order chi connectivity index (χ1) is 4.43. The van der Waals surface area contributed by atoms with Gasteiger partial charge in [0.25, 0.3) is 5.19 Å². The van der Waals surface area contributed by atoms with Crippen molar-refractivity contribution in [2.75, 3.05) is 6.61 Å². The largest absolute Gasteiger partial charge is 0.469 e. The molecule has 0 fully saturated rings. The highest BCUT2D eigenvalue weighted by atomic mass is 32.1. The van der Waals surface area contributed by atoms with Crippen molar-refractivity contribution in [3.05, 3.63) is 6.33 Å². The van der Waals surface area contributed by atoms with Gasteiger partial charge < -0.3 is 4.74 Å². The van der Waals surface area contributed by atoms with E-state index in [2.05, 4.69) is 15.7 Å². The van der Waals surface area contributed by atoms with E-state index in [1.54, 1.807) is 0 Å². The second-order valence-electron chi connectivity index (χ2n) is 1.51. The van der Waals surface area contributed by atoms with Crippen LogP contribution in [0.1, 0.15) is 13.3 Å². The highest BCUT2D eigenvalue weighted by molar-refractivity contribution is 7.07. The molecule has 0 N–H and O–H groups in total. The van der Waals surface area contributed by atoms with Gasteiger partial charge in [0.2, 0.25) is 6.33 Å². The molecule has 1 rings (SSSR count). The van der Waals surface area contributed by atoms with Crippen LogP contribution in [0.2, 0.25) is 0 Å². The van der Waals surface area contributed by atoms with E-state index < -0.39 is 0 Å². The summed E-state index contributed by atoms with van der Waals surface area (Å²) in [5, 5.41) is 0.608. The molecular formula is C5H7N2OS. The second-order valence-corrected chi connectivity index (χ2v) is 2.22. The first-order valence-electron chi connectivity index (χ1n) is 2.76. The Kier molecular flexibility index (Phi) is 2.45. The molecule has 0 aliphatic heterocycles. The first-order valence-corrected chi connectivity index (χ1v) is 3.53. The summed E-state index contributed by atoms with van der Waals surface area (Å²) in [5.74, 6) is 0. The molecule has 4 heteroatoms. The van der Waals surface area contributed by atoms with Crippen LogP contribution in [0.25, 0.3) is 0 Å². The maximum atomic E-state index is 5.11. The summed E-state index contributed by atoms with van der Waals surface area (Å²) in [6.45, 7) is 2.76. The Hall–Kier alpha value is -0.640. The lowest BCUT2D eigenvalue weighted by molar-refractivity contribution is 0.315. The van der Waals surface area contributed by atoms with Crippen LogP contribution in [0.5, 0.6) is 5.19 Å². The van der Waals surface area contributed by atoms with E-state index in [9.17, 15) is 0 Å². The summed E-state index contributed by atoms with van der Waals surface area (Å²) in [4.78, 5) is 3.71. The Labute approximate surface area is 57.9 Å². The van der Waals surface area contributed by atoms with Crippen molar-refractivity contribution in [3.63, 3.8) is 0 Å². The molecular weight excluding hydrogens is 136 g/mol. The topological polar surface area (TPSA) is 35.0 Å². The highest BCUT2D eigenvalue weighted by Gasteiger charge is 1.93. The molecule has 0 aliphatic carbocycles. The number of hydrogen-bond donors (Lipinski definition) is 0. The quantitative estimate of drug-likeness (QED) is 0.636. The SMILES string of the molecule is CCCOc1n[c]ns1. The van der Waals surface area contributed by atoms with Gasteiger partial charge in [0.1, 0.15) is 0 Å². The predicted molar refractivity (Wildman–Crippen MR) is 34.5 cm³/mol. The molecule has 0 saturated heterocycles. The van der Waals surface area contributed by atoms with E-state index in [1.165, 1.54) is 11.5 Å². The number of nitrogens with zero attached hydrogens (tertiary/aromatic N) is 2. The maximum Gasteiger partial charge on any atom is 0.293 e. The summed E-state index contributed by atoms with van der Waals surface area (Å²) in [5.41, 5.74) is 0. The maximum absolute atomic E-state index is 5.11. The van der Waals surface area contributed by atoms with Crippen LogP contribution in [0, 0.1) is 6.33 Å². The first kappa shape index (κ1) is 6.48. The second kappa shape index (κ2) is 3.40. The molecule has 0 aliphatic rings. The van der Waals surface area contributed by atoms with Gasteiger partial charge in [0, 0.05) is 11.5 Å². The zero-order chi connectivity index (χ0) is 6.53. The minimum absolute atomic E-state index is 0.608. The van der Waals surface area contributed by atoms with Crippen LogP contribution in [0.15, 0.2) is 0 Å².